The number of aromatic hydroxyl groups is 6. The monoisotopic (exact) mass is 632 g/mol. The van der Waals surface area contributed by atoms with E-state index in [1.807, 2.05) is 26.0 Å². The number of ether oxygens (including phenoxy) is 2. The Kier molecular flexibility index (Phi) is 7.12. The number of hydrogen-bond acceptors (Lipinski definition) is 8. The van der Waals surface area contributed by atoms with Gasteiger partial charge in [-0.2, -0.15) is 0 Å². The third-order valence-electron chi connectivity index (χ3n) is 9.48. The van der Waals surface area contributed by atoms with Crippen LogP contribution in [0.5, 0.6) is 46.0 Å². The predicted molar refractivity (Wildman–Crippen MR) is 178 cm³/mol. The number of hydrogen-bond donors (Lipinski definition) is 6. The van der Waals surface area contributed by atoms with Gasteiger partial charge in [-0.1, -0.05) is 41.5 Å². The van der Waals surface area contributed by atoms with Crippen molar-refractivity contribution in [2.45, 2.75) is 51.2 Å². The molecule has 2 aliphatic heterocycles. The lowest BCUT2D eigenvalue weighted by Crippen LogP contribution is -2.56. The average molecular weight is 633 g/mol. The minimum absolute atomic E-state index is 0.0231. The Hall–Kier alpha value is -5.50. The summed E-state index contributed by atoms with van der Waals surface area (Å²) in [6, 6.07) is 15.9. The molecule has 1 aliphatic carbocycles. The summed E-state index contributed by atoms with van der Waals surface area (Å²) in [5, 5.41) is 64.8. The molecule has 240 valence electrons. The molecule has 8 nitrogen and oxygen atoms in total. The summed E-state index contributed by atoms with van der Waals surface area (Å²) in [5.74, 6) is -2.14. The molecule has 0 saturated heterocycles. The van der Waals surface area contributed by atoms with Crippen LogP contribution in [0, 0.1) is 5.92 Å². The molecule has 4 unspecified atom stereocenters. The molecule has 2 heterocycles. The highest BCUT2D eigenvalue weighted by molar-refractivity contribution is 5.75. The molecular formula is C39H36O8. The zero-order valence-electron chi connectivity index (χ0n) is 26.2. The topological polar surface area (TPSA) is 140 Å². The van der Waals surface area contributed by atoms with Gasteiger partial charge in [0.2, 0.25) is 0 Å². The standard InChI is InChI=1S/C39H36O8/c1-20(2)4-10-27-31(42)13-12-30(38(27)45)39-37-28(26-11-9-25(41)19-34(26)46-39)14-21(3)15-29(37)36-33(44)16-22(17-35(36)47-39)5-6-23-7-8-24(40)18-32(23)43/h4-9,11-13,15-19,28-29,37,40-45H,10,14H2,1-3H3. The molecule has 0 bridgehead atoms. The van der Waals surface area contributed by atoms with E-state index in [4.69, 9.17) is 9.47 Å². The highest BCUT2D eigenvalue weighted by Gasteiger charge is 2.62. The van der Waals surface area contributed by atoms with Gasteiger partial charge in [0, 0.05) is 40.7 Å². The van der Waals surface area contributed by atoms with E-state index in [-0.39, 0.29) is 52.8 Å². The van der Waals surface area contributed by atoms with Crippen molar-refractivity contribution in [1.82, 2.24) is 0 Å². The Morgan fingerprint density at radius 1 is 0.809 bits per heavy atom. The van der Waals surface area contributed by atoms with Crippen molar-refractivity contribution in [3.8, 4) is 46.0 Å². The molecule has 7 rings (SSSR count). The van der Waals surface area contributed by atoms with E-state index in [1.165, 1.54) is 18.2 Å². The van der Waals surface area contributed by atoms with E-state index in [0.717, 1.165) is 16.7 Å². The second kappa shape index (κ2) is 11.1. The number of phenols is 6. The lowest BCUT2D eigenvalue weighted by atomic mass is 9.61. The smallest absolute Gasteiger partial charge is 0.285 e. The highest BCUT2D eigenvalue weighted by Crippen LogP contribution is 2.65. The summed E-state index contributed by atoms with van der Waals surface area (Å²) in [6.07, 6.45) is 8.37. The number of rotatable bonds is 5. The minimum atomic E-state index is -1.61. The zero-order valence-corrected chi connectivity index (χ0v) is 26.2. The fourth-order valence-electron chi connectivity index (χ4n) is 7.38. The predicted octanol–water partition coefficient (Wildman–Crippen LogP) is 8.07. The van der Waals surface area contributed by atoms with Crippen LogP contribution in [0.2, 0.25) is 0 Å². The molecule has 4 aromatic rings. The Balaban J connectivity index is 1.45. The molecule has 8 heteroatoms. The minimum Gasteiger partial charge on any atom is -0.508 e. The maximum absolute atomic E-state index is 11.9. The normalized spacial score (nSPS) is 22.3. The van der Waals surface area contributed by atoms with Gasteiger partial charge in [-0.15, -0.1) is 0 Å². The molecule has 47 heavy (non-hydrogen) atoms. The van der Waals surface area contributed by atoms with Gasteiger partial charge in [-0.3, -0.25) is 0 Å². The molecule has 6 N–H and O–H groups in total. The first-order valence-corrected chi connectivity index (χ1v) is 15.6. The Morgan fingerprint density at radius 2 is 1.55 bits per heavy atom. The fourth-order valence-corrected chi connectivity index (χ4v) is 7.38. The third kappa shape index (κ3) is 5.01. The van der Waals surface area contributed by atoms with Crippen molar-refractivity contribution in [3.05, 3.63) is 117 Å². The first-order chi connectivity index (χ1) is 22.4. The van der Waals surface area contributed by atoms with Crippen LogP contribution in [0.3, 0.4) is 0 Å². The zero-order chi connectivity index (χ0) is 33.2. The Bertz CT molecular complexity index is 2020. The maximum atomic E-state index is 11.9. The van der Waals surface area contributed by atoms with Crippen LogP contribution < -0.4 is 9.47 Å². The van der Waals surface area contributed by atoms with Crippen molar-refractivity contribution >= 4 is 12.2 Å². The van der Waals surface area contributed by atoms with Gasteiger partial charge in [0.15, 0.2) is 0 Å². The van der Waals surface area contributed by atoms with Crippen LogP contribution in [0.25, 0.3) is 12.2 Å². The van der Waals surface area contributed by atoms with Gasteiger partial charge >= 0.3 is 0 Å². The highest BCUT2D eigenvalue weighted by atomic mass is 16.7. The first-order valence-electron chi connectivity index (χ1n) is 15.6. The average Bonchev–Trinajstić information content (AvgIpc) is 2.99. The van der Waals surface area contributed by atoms with Crippen LogP contribution in [0.4, 0.5) is 0 Å². The van der Waals surface area contributed by atoms with Gasteiger partial charge < -0.3 is 40.1 Å². The molecule has 0 aromatic heterocycles. The molecule has 4 aromatic carbocycles. The summed E-state index contributed by atoms with van der Waals surface area (Å²) in [4.78, 5) is 0. The van der Waals surface area contributed by atoms with Crippen LogP contribution in [-0.2, 0) is 12.2 Å². The Morgan fingerprint density at radius 3 is 2.32 bits per heavy atom. The fraction of sp³-hybridized carbons (Fsp3) is 0.231. The molecule has 3 aliphatic rings. The van der Waals surface area contributed by atoms with Crippen LogP contribution >= 0.6 is 0 Å². The lowest BCUT2D eigenvalue weighted by Gasteiger charge is -2.55. The quantitative estimate of drug-likeness (QED) is 0.0959. The van der Waals surface area contributed by atoms with Gasteiger partial charge in [-0.05, 0) is 87.2 Å². The lowest BCUT2D eigenvalue weighted by molar-refractivity contribution is -0.198. The van der Waals surface area contributed by atoms with Crippen molar-refractivity contribution < 1.29 is 40.1 Å². The Labute approximate surface area is 272 Å². The largest absolute Gasteiger partial charge is 0.508 e. The number of allylic oxidation sites excluding steroid dienone is 4. The van der Waals surface area contributed by atoms with E-state index < -0.39 is 11.7 Å². The maximum Gasteiger partial charge on any atom is 0.285 e. The van der Waals surface area contributed by atoms with Crippen molar-refractivity contribution in [3.63, 3.8) is 0 Å². The molecule has 4 atom stereocenters. The molecular weight excluding hydrogens is 596 g/mol. The number of benzene rings is 4. The van der Waals surface area contributed by atoms with Crippen molar-refractivity contribution in [2.24, 2.45) is 5.92 Å². The summed E-state index contributed by atoms with van der Waals surface area (Å²) in [7, 11) is 0. The molecule has 0 spiro atoms. The van der Waals surface area contributed by atoms with Crippen LogP contribution in [0.1, 0.15) is 72.4 Å². The van der Waals surface area contributed by atoms with E-state index in [0.29, 0.717) is 45.7 Å². The third-order valence-corrected chi connectivity index (χ3v) is 9.48. The van der Waals surface area contributed by atoms with Gasteiger partial charge in [0.25, 0.3) is 5.79 Å². The van der Waals surface area contributed by atoms with E-state index >= 15 is 0 Å². The van der Waals surface area contributed by atoms with Gasteiger partial charge in [0.1, 0.15) is 46.0 Å². The molecule has 0 amide bonds. The van der Waals surface area contributed by atoms with Crippen LogP contribution in [-0.4, -0.2) is 30.6 Å². The van der Waals surface area contributed by atoms with E-state index in [1.54, 1.807) is 48.6 Å². The summed E-state index contributed by atoms with van der Waals surface area (Å²) in [5.41, 5.74) is 5.33. The van der Waals surface area contributed by atoms with Crippen LogP contribution in [0.15, 0.2) is 84.0 Å². The second-order valence-electron chi connectivity index (χ2n) is 12.9. The van der Waals surface area contributed by atoms with Gasteiger partial charge in [0.05, 0.1) is 11.5 Å². The molecule has 0 fully saturated rings. The number of fused-ring (bicyclic) bond motifs is 4. The molecule has 0 saturated carbocycles. The van der Waals surface area contributed by atoms with Gasteiger partial charge in [-0.25, -0.2) is 0 Å². The van der Waals surface area contributed by atoms with Crippen molar-refractivity contribution in [1.29, 1.82) is 0 Å². The first kappa shape index (κ1) is 30.2. The summed E-state index contributed by atoms with van der Waals surface area (Å²) in [6.45, 7) is 5.94. The summed E-state index contributed by atoms with van der Waals surface area (Å²) < 4.78 is 13.8. The van der Waals surface area contributed by atoms with Crippen molar-refractivity contribution in [2.75, 3.05) is 0 Å². The van der Waals surface area contributed by atoms with E-state index in [2.05, 4.69) is 13.0 Å². The second-order valence-corrected chi connectivity index (χ2v) is 12.9. The van der Waals surface area contributed by atoms with E-state index in [9.17, 15) is 30.6 Å². The SMILES string of the molecule is CC(C)=CCc1c(O)ccc(C23Oc4cc(O)ccc4C4CC(C)=CC(c5c(O)cc(C=Cc6ccc(O)cc6O)cc5O2)C43)c1O. The number of phenolic OH excluding ortho intramolecular Hbond substituents is 6. The molecule has 0 radical (unpaired) electrons. The summed E-state index contributed by atoms with van der Waals surface area (Å²) >= 11 is 0.